The van der Waals surface area contributed by atoms with E-state index in [4.69, 9.17) is 19.0 Å². The Morgan fingerprint density at radius 2 is 1.80 bits per heavy atom. The van der Waals surface area contributed by atoms with Gasteiger partial charge < -0.3 is 19.1 Å². The van der Waals surface area contributed by atoms with Gasteiger partial charge in [0.2, 0.25) is 0 Å². The van der Waals surface area contributed by atoms with Crippen LogP contribution >= 0.6 is 0 Å². The number of carbonyl (C=O) groups excluding carboxylic acids is 2. The fraction of sp³-hybridized carbons (Fsp3) is 0.375. The molecule has 0 aliphatic heterocycles. The van der Waals surface area contributed by atoms with Gasteiger partial charge in [-0.2, -0.15) is 0 Å². The number of rotatable bonds is 9. The molecule has 1 N–H and O–H groups in total. The van der Waals surface area contributed by atoms with Crippen LogP contribution in [-0.2, 0) is 24.1 Å². The van der Waals surface area contributed by atoms with Crippen molar-refractivity contribution < 1.29 is 28.7 Å². The second-order valence-corrected chi connectivity index (χ2v) is 10.2. The minimum Gasteiger partial charge on any atom is -0.511 e. The average Bonchev–Trinajstić information content (AvgIpc) is 3.40. The molecule has 1 heterocycles. The summed E-state index contributed by atoms with van der Waals surface area (Å²) in [7, 11) is 3.20. The number of Topliss-reactive ketones (excluding diaryl/α,β-unsaturated/α-hetero) is 2. The first-order valence-electron chi connectivity index (χ1n) is 13.7. The van der Waals surface area contributed by atoms with Gasteiger partial charge in [0.05, 0.1) is 31.1 Å². The average molecular weight is 543 g/mol. The van der Waals surface area contributed by atoms with Crippen molar-refractivity contribution in [1.29, 1.82) is 0 Å². The molecule has 0 radical (unpaired) electrons. The lowest BCUT2D eigenvalue weighted by molar-refractivity contribution is -0.116. The fourth-order valence-electron chi connectivity index (χ4n) is 5.60. The molecule has 0 saturated heterocycles. The first-order chi connectivity index (χ1) is 19.5. The van der Waals surface area contributed by atoms with E-state index in [-0.39, 0.29) is 29.7 Å². The third-order valence-electron chi connectivity index (χ3n) is 7.67. The standard InChI is InChI=1S/C32H34N2O6/c1-38-28-14-11-20(17-30(28)39-2)15-16-33-24-18-22(21-7-4-3-5-8-21)19-27(37)31(24)26(36)13-12-23-32-25(35)9-6-10-29(32)40-34-23/h3-5,7-8,11,14,17,22,36H,6,9-10,12-13,15-16,18-19H2,1-2H3/b31-26-,33-24?. The number of benzene rings is 2. The van der Waals surface area contributed by atoms with E-state index in [1.165, 1.54) is 0 Å². The fourth-order valence-corrected chi connectivity index (χ4v) is 5.60. The molecule has 208 valence electrons. The van der Waals surface area contributed by atoms with Crippen molar-refractivity contribution >= 4 is 17.3 Å². The van der Waals surface area contributed by atoms with Gasteiger partial charge in [-0.05, 0) is 48.4 Å². The van der Waals surface area contributed by atoms with E-state index in [1.807, 2.05) is 48.5 Å². The van der Waals surface area contributed by atoms with Gasteiger partial charge >= 0.3 is 0 Å². The van der Waals surface area contributed by atoms with Gasteiger partial charge in [-0.3, -0.25) is 14.6 Å². The topological polar surface area (TPSA) is 111 Å². The third kappa shape index (κ3) is 5.86. The van der Waals surface area contributed by atoms with Gasteiger partial charge in [0.1, 0.15) is 11.5 Å². The van der Waals surface area contributed by atoms with Crippen LogP contribution in [0.15, 0.2) is 69.4 Å². The molecule has 0 spiro atoms. The molecular weight excluding hydrogens is 508 g/mol. The molecule has 8 nitrogen and oxygen atoms in total. The number of aliphatic hydroxyl groups is 1. The van der Waals surface area contributed by atoms with Crippen molar-refractivity contribution in [1.82, 2.24) is 5.16 Å². The van der Waals surface area contributed by atoms with Gasteiger partial charge in [0, 0.05) is 44.4 Å². The molecule has 0 amide bonds. The Morgan fingerprint density at radius 1 is 1.00 bits per heavy atom. The number of aromatic nitrogens is 1. The Bertz CT molecular complexity index is 1450. The zero-order valence-electron chi connectivity index (χ0n) is 22.9. The van der Waals surface area contributed by atoms with Crippen LogP contribution in [0.5, 0.6) is 11.5 Å². The van der Waals surface area contributed by atoms with Crippen molar-refractivity contribution in [3.8, 4) is 11.5 Å². The quantitative estimate of drug-likeness (QED) is 0.269. The number of carbonyl (C=O) groups is 2. The van der Waals surface area contributed by atoms with Crippen molar-refractivity contribution in [2.24, 2.45) is 4.99 Å². The molecule has 1 fully saturated rings. The molecule has 40 heavy (non-hydrogen) atoms. The minimum atomic E-state index is -0.124. The Balaban J connectivity index is 1.38. The summed E-state index contributed by atoms with van der Waals surface area (Å²) in [5, 5.41) is 15.3. The Kier molecular flexibility index (Phi) is 8.43. The number of allylic oxidation sites excluding steroid dienone is 2. The number of nitrogens with zero attached hydrogens (tertiary/aromatic N) is 2. The lowest BCUT2D eigenvalue weighted by Gasteiger charge is -2.26. The van der Waals surface area contributed by atoms with E-state index in [1.54, 1.807) is 14.2 Å². The van der Waals surface area contributed by atoms with E-state index in [2.05, 4.69) is 5.16 Å². The first-order valence-corrected chi connectivity index (χ1v) is 13.7. The molecular formula is C32H34N2O6. The summed E-state index contributed by atoms with van der Waals surface area (Å²) >= 11 is 0. The molecule has 1 atom stereocenters. The Morgan fingerprint density at radius 3 is 2.58 bits per heavy atom. The van der Waals surface area contributed by atoms with Crippen molar-refractivity contribution in [3.63, 3.8) is 0 Å². The maximum atomic E-state index is 13.4. The van der Waals surface area contributed by atoms with Gasteiger partial charge in [0.15, 0.2) is 23.1 Å². The number of ether oxygens (including phenoxy) is 2. The lowest BCUT2D eigenvalue weighted by atomic mass is 9.78. The molecule has 1 unspecified atom stereocenters. The van der Waals surface area contributed by atoms with Crippen LogP contribution in [-0.4, -0.2) is 48.3 Å². The summed E-state index contributed by atoms with van der Waals surface area (Å²) in [6, 6.07) is 15.7. The molecule has 8 heteroatoms. The van der Waals surface area contributed by atoms with Gasteiger partial charge in [0.25, 0.3) is 0 Å². The van der Waals surface area contributed by atoms with Crippen molar-refractivity contribution in [2.75, 3.05) is 20.8 Å². The summed E-state index contributed by atoms with van der Waals surface area (Å²) in [6.45, 7) is 0.446. The molecule has 3 aromatic rings. The summed E-state index contributed by atoms with van der Waals surface area (Å²) in [5.74, 6) is 1.81. The highest BCUT2D eigenvalue weighted by Gasteiger charge is 2.33. The maximum absolute atomic E-state index is 13.4. The van der Waals surface area contributed by atoms with E-state index >= 15 is 0 Å². The zero-order chi connectivity index (χ0) is 28.1. The number of aliphatic hydroxyl groups excluding tert-OH is 1. The summed E-state index contributed by atoms with van der Waals surface area (Å²) in [6.07, 6.45) is 3.91. The predicted molar refractivity (Wildman–Crippen MR) is 151 cm³/mol. The normalized spacial score (nSPS) is 19.4. The Labute approximate surface area is 233 Å². The van der Waals surface area contributed by atoms with Crippen LogP contribution in [0.4, 0.5) is 0 Å². The second kappa shape index (κ2) is 12.3. The van der Waals surface area contributed by atoms with E-state index in [9.17, 15) is 14.7 Å². The van der Waals surface area contributed by atoms with E-state index < -0.39 is 0 Å². The van der Waals surface area contributed by atoms with Crippen LogP contribution in [0.1, 0.15) is 71.0 Å². The van der Waals surface area contributed by atoms with Crippen LogP contribution in [0.3, 0.4) is 0 Å². The number of hydrogen-bond donors (Lipinski definition) is 1. The molecule has 5 rings (SSSR count). The largest absolute Gasteiger partial charge is 0.511 e. The lowest BCUT2D eigenvalue weighted by Crippen LogP contribution is -2.27. The van der Waals surface area contributed by atoms with Crippen LogP contribution in [0.25, 0.3) is 0 Å². The molecule has 1 aromatic heterocycles. The highest BCUT2D eigenvalue weighted by molar-refractivity contribution is 6.24. The number of aliphatic imine (C=N–C) groups is 1. The van der Waals surface area contributed by atoms with Crippen LogP contribution in [0, 0.1) is 0 Å². The highest BCUT2D eigenvalue weighted by atomic mass is 16.5. The van der Waals surface area contributed by atoms with Gasteiger partial charge in [-0.15, -0.1) is 0 Å². The maximum Gasteiger partial charge on any atom is 0.168 e. The molecule has 2 aliphatic carbocycles. The van der Waals surface area contributed by atoms with Crippen molar-refractivity contribution in [2.45, 2.75) is 57.3 Å². The number of methoxy groups -OCH3 is 2. The highest BCUT2D eigenvalue weighted by Crippen LogP contribution is 2.34. The summed E-state index contributed by atoms with van der Waals surface area (Å²) < 4.78 is 16.1. The summed E-state index contributed by atoms with van der Waals surface area (Å²) in [5.41, 5.74) is 4.11. The van der Waals surface area contributed by atoms with Gasteiger partial charge in [-0.25, -0.2) is 0 Å². The van der Waals surface area contributed by atoms with Crippen LogP contribution < -0.4 is 9.47 Å². The summed E-state index contributed by atoms with van der Waals surface area (Å²) in [4.78, 5) is 30.7. The number of aryl methyl sites for hydroxylation is 2. The minimum absolute atomic E-state index is 0.00902. The zero-order valence-corrected chi connectivity index (χ0v) is 22.9. The SMILES string of the molecule is COc1ccc(CCN=C2CC(c3ccccc3)CC(=O)/C2=C(\O)CCc2noc3c2C(=O)CCC3)cc1OC. The molecule has 0 bridgehead atoms. The van der Waals surface area contributed by atoms with E-state index in [0.717, 1.165) is 17.5 Å². The van der Waals surface area contributed by atoms with E-state index in [0.29, 0.717) is 84.9 Å². The van der Waals surface area contributed by atoms with Crippen LogP contribution in [0.2, 0.25) is 0 Å². The monoisotopic (exact) mass is 542 g/mol. The first kappa shape index (κ1) is 27.4. The molecule has 1 saturated carbocycles. The number of hydrogen-bond acceptors (Lipinski definition) is 8. The second-order valence-electron chi connectivity index (χ2n) is 10.2. The van der Waals surface area contributed by atoms with Gasteiger partial charge in [-0.1, -0.05) is 41.6 Å². The number of fused-ring (bicyclic) bond motifs is 1. The predicted octanol–water partition coefficient (Wildman–Crippen LogP) is 5.79. The number of ketones is 2. The molecule has 2 aliphatic rings. The third-order valence-corrected chi connectivity index (χ3v) is 7.67. The molecule has 2 aromatic carbocycles. The Hall–Kier alpha value is -4.20. The van der Waals surface area contributed by atoms with Crippen molar-refractivity contribution in [3.05, 3.63) is 88.0 Å². The smallest absolute Gasteiger partial charge is 0.168 e.